The number of carbonyl (C=O) groups excluding carboxylic acids is 1. The van der Waals surface area contributed by atoms with Gasteiger partial charge in [-0.1, -0.05) is 0 Å². The summed E-state index contributed by atoms with van der Waals surface area (Å²) in [7, 11) is 3.15. The fourth-order valence-corrected chi connectivity index (χ4v) is 1.89. The van der Waals surface area contributed by atoms with Crippen LogP contribution in [-0.4, -0.2) is 30.3 Å². The molecule has 112 valence electrons. The van der Waals surface area contributed by atoms with Crippen LogP contribution in [-0.2, 0) is 6.54 Å². The quantitative estimate of drug-likeness (QED) is 0.769. The average molecular weight is 290 g/mol. The number of nitrogens with zero attached hydrogens (tertiary/aromatic N) is 1. The number of nitrogen functional groups attached to an aromatic ring is 1. The first-order valence-corrected chi connectivity index (χ1v) is 6.36. The molecule has 1 aromatic heterocycles. The molecule has 0 aliphatic carbocycles. The first-order chi connectivity index (χ1) is 10.1. The maximum absolute atomic E-state index is 12.1. The molecule has 0 saturated heterocycles. The van der Waals surface area contributed by atoms with Crippen molar-refractivity contribution in [3.63, 3.8) is 0 Å². The SMILES string of the molecule is COc1ccc(OC)c(CNC(=O)c2n[nH]c(C)c2N)c1. The predicted molar refractivity (Wildman–Crippen MR) is 78.5 cm³/mol. The first-order valence-electron chi connectivity index (χ1n) is 6.36. The zero-order chi connectivity index (χ0) is 15.4. The van der Waals surface area contributed by atoms with Gasteiger partial charge < -0.3 is 20.5 Å². The number of methoxy groups -OCH3 is 2. The van der Waals surface area contributed by atoms with Crippen molar-refractivity contribution in [2.24, 2.45) is 0 Å². The van der Waals surface area contributed by atoms with Gasteiger partial charge in [0.05, 0.1) is 25.6 Å². The molecular formula is C14H18N4O3. The highest BCUT2D eigenvalue weighted by atomic mass is 16.5. The Balaban J connectivity index is 2.12. The Labute approximate surface area is 122 Å². The van der Waals surface area contributed by atoms with Crippen LogP contribution in [0.5, 0.6) is 11.5 Å². The van der Waals surface area contributed by atoms with Crippen LogP contribution in [0, 0.1) is 6.92 Å². The van der Waals surface area contributed by atoms with E-state index in [2.05, 4.69) is 15.5 Å². The molecular weight excluding hydrogens is 272 g/mol. The normalized spacial score (nSPS) is 10.2. The van der Waals surface area contributed by atoms with Crippen molar-refractivity contribution in [3.05, 3.63) is 35.2 Å². The number of ether oxygens (including phenoxy) is 2. The summed E-state index contributed by atoms with van der Waals surface area (Å²) in [5, 5.41) is 9.32. The maximum Gasteiger partial charge on any atom is 0.274 e. The lowest BCUT2D eigenvalue weighted by Crippen LogP contribution is -2.24. The van der Waals surface area contributed by atoms with E-state index >= 15 is 0 Å². The fourth-order valence-electron chi connectivity index (χ4n) is 1.89. The topological polar surface area (TPSA) is 102 Å². The number of benzene rings is 1. The van der Waals surface area contributed by atoms with E-state index in [9.17, 15) is 4.79 Å². The van der Waals surface area contributed by atoms with E-state index in [0.29, 0.717) is 22.9 Å². The second kappa shape index (κ2) is 6.17. The number of anilines is 1. The van der Waals surface area contributed by atoms with E-state index in [1.54, 1.807) is 39.3 Å². The van der Waals surface area contributed by atoms with Crippen molar-refractivity contribution < 1.29 is 14.3 Å². The Morgan fingerprint density at radius 1 is 1.38 bits per heavy atom. The molecule has 0 atom stereocenters. The monoisotopic (exact) mass is 290 g/mol. The molecule has 4 N–H and O–H groups in total. The molecule has 0 aliphatic rings. The molecule has 1 amide bonds. The summed E-state index contributed by atoms with van der Waals surface area (Å²) in [6.07, 6.45) is 0. The number of carbonyl (C=O) groups is 1. The lowest BCUT2D eigenvalue weighted by Gasteiger charge is -2.11. The van der Waals surface area contributed by atoms with Gasteiger partial charge in [-0.3, -0.25) is 9.89 Å². The number of nitrogens with one attached hydrogen (secondary N) is 2. The molecule has 0 aliphatic heterocycles. The number of rotatable bonds is 5. The van der Waals surface area contributed by atoms with Crippen LogP contribution in [0.4, 0.5) is 5.69 Å². The fraction of sp³-hybridized carbons (Fsp3) is 0.286. The summed E-state index contributed by atoms with van der Waals surface area (Å²) in [6.45, 7) is 2.04. The Bertz CT molecular complexity index is 652. The number of aromatic amines is 1. The van der Waals surface area contributed by atoms with Crippen LogP contribution < -0.4 is 20.5 Å². The summed E-state index contributed by atoms with van der Waals surface area (Å²) in [5.74, 6) is 1.01. The zero-order valence-electron chi connectivity index (χ0n) is 12.2. The minimum absolute atomic E-state index is 0.189. The molecule has 0 radical (unpaired) electrons. The summed E-state index contributed by atoms with van der Waals surface area (Å²) < 4.78 is 10.4. The molecule has 2 aromatic rings. The average Bonchev–Trinajstić information content (AvgIpc) is 2.84. The number of nitrogens with two attached hydrogens (primary N) is 1. The third-order valence-corrected chi connectivity index (χ3v) is 3.14. The van der Waals surface area contributed by atoms with Crippen LogP contribution in [0.2, 0.25) is 0 Å². The molecule has 0 saturated carbocycles. The van der Waals surface area contributed by atoms with Gasteiger partial charge in [-0.25, -0.2) is 0 Å². The van der Waals surface area contributed by atoms with Crippen LogP contribution in [0.3, 0.4) is 0 Å². The summed E-state index contributed by atoms with van der Waals surface area (Å²) >= 11 is 0. The Hall–Kier alpha value is -2.70. The van der Waals surface area contributed by atoms with Crippen molar-refractivity contribution in [1.29, 1.82) is 0 Å². The molecule has 0 bridgehead atoms. The highest BCUT2D eigenvalue weighted by Crippen LogP contribution is 2.24. The van der Waals surface area contributed by atoms with Crippen LogP contribution in [0.15, 0.2) is 18.2 Å². The van der Waals surface area contributed by atoms with Gasteiger partial charge in [-0.2, -0.15) is 5.10 Å². The largest absolute Gasteiger partial charge is 0.497 e. The van der Waals surface area contributed by atoms with Gasteiger partial charge in [0, 0.05) is 12.1 Å². The Kier molecular flexibility index (Phi) is 4.32. The van der Waals surface area contributed by atoms with E-state index in [-0.39, 0.29) is 18.1 Å². The van der Waals surface area contributed by atoms with Gasteiger partial charge in [-0.05, 0) is 25.1 Å². The molecule has 7 heteroatoms. The minimum atomic E-state index is -0.346. The molecule has 1 aromatic carbocycles. The molecule has 0 fully saturated rings. The lowest BCUT2D eigenvalue weighted by atomic mass is 10.2. The highest BCUT2D eigenvalue weighted by molar-refractivity contribution is 5.97. The maximum atomic E-state index is 12.1. The van der Waals surface area contributed by atoms with Gasteiger partial charge in [0.1, 0.15) is 11.5 Å². The van der Waals surface area contributed by atoms with E-state index in [0.717, 1.165) is 5.56 Å². The smallest absolute Gasteiger partial charge is 0.274 e. The molecule has 2 rings (SSSR count). The van der Waals surface area contributed by atoms with Crippen molar-refractivity contribution >= 4 is 11.6 Å². The Morgan fingerprint density at radius 3 is 2.71 bits per heavy atom. The number of aromatic nitrogens is 2. The molecule has 0 spiro atoms. The molecule has 7 nitrogen and oxygen atoms in total. The van der Waals surface area contributed by atoms with Gasteiger partial charge in [-0.15, -0.1) is 0 Å². The summed E-state index contributed by atoms with van der Waals surface area (Å²) in [5.41, 5.74) is 7.78. The number of H-pyrrole nitrogens is 1. The predicted octanol–water partition coefficient (Wildman–Crippen LogP) is 1.25. The van der Waals surface area contributed by atoms with E-state index in [4.69, 9.17) is 15.2 Å². The van der Waals surface area contributed by atoms with Gasteiger partial charge >= 0.3 is 0 Å². The number of amides is 1. The second-order valence-electron chi connectivity index (χ2n) is 4.47. The van der Waals surface area contributed by atoms with Crippen LogP contribution >= 0.6 is 0 Å². The van der Waals surface area contributed by atoms with Crippen molar-refractivity contribution in [2.45, 2.75) is 13.5 Å². The molecule has 0 unspecified atom stereocenters. The summed E-state index contributed by atoms with van der Waals surface area (Å²) in [6, 6.07) is 5.38. The standard InChI is InChI=1S/C14H18N4O3/c1-8-12(15)13(18-17-8)14(19)16-7-9-6-10(20-2)4-5-11(9)21-3/h4-6H,7,15H2,1-3H3,(H,16,19)(H,17,18). The van der Waals surface area contributed by atoms with Gasteiger partial charge in [0.15, 0.2) is 5.69 Å². The van der Waals surface area contributed by atoms with Crippen LogP contribution in [0.25, 0.3) is 0 Å². The second-order valence-corrected chi connectivity index (χ2v) is 4.47. The van der Waals surface area contributed by atoms with Crippen LogP contribution in [0.1, 0.15) is 21.7 Å². The molecule has 21 heavy (non-hydrogen) atoms. The molecule has 1 heterocycles. The first kappa shape index (κ1) is 14.7. The lowest BCUT2D eigenvalue weighted by molar-refractivity contribution is 0.0946. The van der Waals surface area contributed by atoms with Gasteiger partial charge in [0.2, 0.25) is 0 Å². The minimum Gasteiger partial charge on any atom is -0.497 e. The van der Waals surface area contributed by atoms with Crippen molar-refractivity contribution in [1.82, 2.24) is 15.5 Å². The van der Waals surface area contributed by atoms with E-state index in [1.165, 1.54) is 0 Å². The third kappa shape index (κ3) is 3.07. The van der Waals surface area contributed by atoms with E-state index in [1.807, 2.05) is 0 Å². The Morgan fingerprint density at radius 2 is 2.14 bits per heavy atom. The third-order valence-electron chi connectivity index (χ3n) is 3.14. The van der Waals surface area contributed by atoms with Gasteiger partial charge in [0.25, 0.3) is 5.91 Å². The highest BCUT2D eigenvalue weighted by Gasteiger charge is 2.15. The number of hydrogen-bond acceptors (Lipinski definition) is 5. The number of aryl methyl sites for hydroxylation is 1. The zero-order valence-corrected chi connectivity index (χ0v) is 12.2. The van der Waals surface area contributed by atoms with Crippen molar-refractivity contribution in [3.8, 4) is 11.5 Å². The summed E-state index contributed by atoms with van der Waals surface area (Å²) in [4.78, 5) is 12.1. The van der Waals surface area contributed by atoms with E-state index < -0.39 is 0 Å². The van der Waals surface area contributed by atoms with Crippen molar-refractivity contribution in [2.75, 3.05) is 20.0 Å². The number of hydrogen-bond donors (Lipinski definition) is 3.